The van der Waals surface area contributed by atoms with E-state index in [4.69, 9.17) is 24.9 Å². The normalized spacial score (nSPS) is 13.9. The van der Waals surface area contributed by atoms with Gasteiger partial charge >= 0.3 is 0 Å². The Bertz CT molecular complexity index is 3400. The molecular formula is C60H56N6. The minimum atomic E-state index is 0.161. The van der Waals surface area contributed by atoms with E-state index in [0.717, 1.165) is 145 Å². The van der Waals surface area contributed by atoms with E-state index in [2.05, 4.69) is 198 Å². The molecule has 1 atom stereocenters. The second-order valence-corrected chi connectivity index (χ2v) is 19.1. The molecule has 326 valence electrons. The van der Waals surface area contributed by atoms with Crippen molar-refractivity contribution >= 4 is 38.0 Å². The third kappa shape index (κ3) is 7.95. The van der Waals surface area contributed by atoms with Gasteiger partial charge in [0.2, 0.25) is 0 Å². The van der Waals surface area contributed by atoms with Gasteiger partial charge in [0.1, 0.15) is 0 Å². The Morgan fingerprint density at radius 2 is 0.561 bits per heavy atom. The Hall–Kier alpha value is -7.31. The van der Waals surface area contributed by atoms with Crippen LogP contribution in [0.1, 0.15) is 75.7 Å². The van der Waals surface area contributed by atoms with Crippen molar-refractivity contribution in [2.75, 3.05) is 0 Å². The van der Waals surface area contributed by atoms with E-state index in [1.165, 1.54) is 16.7 Å². The number of pyridine rings is 5. The number of hydrogen-bond donors (Lipinski definition) is 1. The van der Waals surface area contributed by atoms with Gasteiger partial charge in [-0.3, -0.25) is 24.9 Å². The largest absolute Gasteiger partial charge is 0.379 e. The molecule has 1 N–H and O–H groups in total. The van der Waals surface area contributed by atoms with Gasteiger partial charge in [-0.15, -0.1) is 0 Å². The molecule has 4 aromatic carbocycles. The fourth-order valence-corrected chi connectivity index (χ4v) is 10.5. The number of hydrogen-bond acceptors (Lipinski definition) is 6. The van der Waals surface area contributed by atoms with Crippen molar-refractivity contribution in [3.05, 3.63) is 177 Å². The monoisotopic (exact) mass is 860 g/mol. The fourth-order valence-electron chi connectivity index (χ4n) is 10.5. The van der Waals surface area contributed by atoms with Crippen molar-refractivity contribution in [2.24, 2.45) is 0 Å². The first-order valence-electron chi connectivity index (χ1n) is 23.0. The summed E-state index contributed by atoms with van der Waals surface area (Å²) < 4.78 is 0. The summed E-state index contributed by atoms with van der Waals surface area (Å²) in [5.41, 5.74) is 24.1. The van der Waals surface area contributed by atoms with Crippen molar-refractivity contribution in [1.29, 1.82) is 0 Å². The van der Waals surface area contributed by atoms with Crippen molar-refractivity contribution in [2.45, 2.75) is 89.1 Å². The van der Waals surface area contributed by atoms with Gasteiger partial charge in [0, 0.05) is 73.6 Å². The van der Waals surface area contributed by atoms with Crippen LogP contribution >= 0.6 is 0 Å². The van der Waals surface area contributed by atoms with Gasteiger partial charge in [-0.2, -0.15) is 0 Å². The van der Waals surface area contributed by atoms with Crippen LogP contribution in [0, 0.1) is 69.2 Å². The molecule has 6 nitrogen and oxygen atoms in total. The standard InChI is InChI=1S/C60H56N6/c1-31-13-37(7)61-55(19-31)49-25-43-44(26-50(49)56-20-32(2)14-38(8)62-56)46-28-52(58-22-34(4)16-40(10)64-58)54(60-24-36(6)18-42(12)66-60)30-48(46)47-29-53(59-23-35(5)17-41(11)65-59)51(27-45(43)47)57-21-33(3)15-39(9)63-57/h13-30,37,61H,1-12H3. The molecule has 0 radical (unpaired) electrons. The average Bonchev–Trinajstić information content (AvgIpc) is 3.23. The van der Waals surface area contributed by atoms with Crippen LogP contribution in [0.3, 0.4) is 0 Å². The molecule has 0 aliphatic carbocycles. The number of aryl methyl sites for hydroxylation is 10. The number of nitrogens with one attached hydrogen (secondary N) is 1. The molecule has 0 bridgehead atoms. The van der Waals surface area contributed by atoms with Crippen LogP contribution in [0.25, 0.3) is 94.3 Å². The van der Waals surface area contributed by atoms with Gasteiger partial charge < -0.3 is 5.32 Å². The lowest BCUT2D eigenvalue weighted by Crippen LogP contribution is -2.25. The predicted molar refractivity (Wildman–Crippen MR) is 277 cm³/mol. The zero-order valence-corrected chi connectivity index (χ0v) is 40.2. The number of nitrogens with zero attached hydrogens (tertiary/aromatic N) is 5. The minimum Gasteiger partial charge on any atom is -0.379 e. The highest BCUT2D eigenvalue weighted by Gasteiger charge is 2.24. The highest BCUT2D eigenvalue weighted by atomic mass is 14.9. The van der Waals surface area contributed by atoms with Crippen LogP contribution in [0.5, 0.6) is 0 Å². The van der Waals surface area contributed by atoms with Crippen LogP contribution in [-0.2, 0) is 0 Å². The molecule has 0 fully saturated rings. The average molecular weight is 861 g/mol. The van der Waals surface area contributed by atoms with Crippen LogP contribution in [0.4, 0.5) is 0 Å². The van der Waals surface area contributed by atoms with E-state index in [0.29, 0.717) is 0 Å². The summed E-state index contributed by atoms with van der Waals surface area (Å²) in [6, 6.07) is 36.3. The van der Waals surface area contributed by atoms with Gasteiger partial charge in [-0.1, -0.05) is 11.6 Å². The maximum absolute atomic E-state index is 5.23. The molecule has 66 heavy (non-hydrogen) atoms. The van der Waals surface area contributed by atoms with E-state index < -0.39 is 0 Å². The Morgan fingerprint density at radius 1 is 0.318 bits per heavy atom. The van der Waals surface area contributed by atoms with E-state index in [-0.39, 0.29) is 6.04 Å². The van der Waals surface area contributed by atoms with Crippen LogP contribution in [0.2, 0.25) is 0 Å². The number of aromatic nitrogens is 5. The maximum Gasteiger partial charge on any atom is 0.0714 e. The summed E-state index contributed by atoms with van der Waals surface area (Å²) in [6.45, 7) is 25.6. The second-order valence-electron chi connectivity index (χ2n) is 19.1. The molecule has 1 unspecified atom stereocenters. The molecule has 0 amide bonds. The number of fused-ring (bicyclic) bond motifs is 6. The summed E-state index contributed by atoms with van der Waals surface area (Å²) in [7, 11) is 0. The first-order chi connectivity index (χ1) is 31.5. The van der Waals surface area contributed by atoms with Gasteiger partial charge in [0.25, 0.3) is 0 Å². The third-order valence-corrected chi connectivity index (χ3v) is 12.8. The summed E-state index contributed by atoms with van der Waals surface area (Å²) in [6.07, 6.45) is 4.55. The van der Waals surface area contributed by atoms with Crippen LogP contribution in [-0.4, -0.2) is 31.0 Å². The quantitative estimate of drug-likeness (QED) is 0.168. The number of benzene rings is 4. The maximum atomic E-state index is 5.23. The minimum absolute atomic E-state index is 0.161. The number of rotatable bonds is 6. The summed E-state index contributed by atoms with van der Waals surface area (Å²) in [4.78, 5) is 26.1. The first kappa shape index (κ1) is 42.6. The molecule has 0 spiro atoms. The SMILES string of the molecule is CC1=CC(C)NC(c2cc3c(cc2-c2cc(C)cc(C)n2)c2cc(-c4cc(C)cc(C)n4)c(-c4cc(C)cc(C)n4)cc2c2cc(-c4cc(C)cc(C)n4)c(-c4cc(C)cc(C)n4)cc32)=C1. The Balaban J connectivity index is 1.45. The summed E-state index contributed by atoms with van der Waals surface area (Å²) >= 11 is 0. The zero-order chi connectivity index (χ0) is 46.3. The topological polar surface area (TPSA) is 76.5 Å². The predicted octanol–water partition coefficient (Wildman–Crippen LogP) is 14.8. The molecular weight excluding hydrogens is 805 g/mol. The van der Waals surface area contributed by atoms with Crippen molar-refractivity contribution < 1.29 is 0 Å². The Kier molecular flexibility index (Phi) is 10.5. The number of allylic oxidation sites excluding steroid dienone is 2. The fraction of sp³-hybridized carbons (Fsp3) is 0.217. The van der Waals surface area contributed by atoms with Crippen molar-refractivity contribution in [1.82, 2.24) is 30.2 Å². The highest BCUT2D eigenvalue weighted by Crippen LogP contribution is 2.47. The molecule has 1 aliphatic heterocycles. The first-order valence-corrected chi connectivity index (χ1v) is 23.0. The third-order valence-electron chi connectivity index (χ3n) is 12.8. The molecule has 0 saturated heterocycles. The zero-order valence-electron chi connectivity index (χ0n) is 40.2. The second kappa shape index (κ2) is 16.3. The molecule has 10 rings (SSSR count). The molecule has 6 heterocycles. The van der Waals surface area contributed by atoms with E-state index in [9.17, 15) is 0 Å². The van der Waals surface area contributed by atoms with Crippen molar-refractivity contribution in [3.63, 3.8) is 0 Å². The van der Waals surface area contributed by atoms with Gasteiger partial charge in [-0.05, 0) is 246 Å². The van der Waals surface area contributed by atoms with E-state index >= 15 is 0 Å². The van der Waals surface area contributed by atoms with Crippen LogP contribution < -0.4 is 5.32 Å². The summed E-state index contributed by atoms with van der Waals surface area (Å²) in [5.74, 6) is 0. The van der Waals surface area contributed by atoms with Gasteiger partial charge in [0.05, 0.1) is 28.5 Å². The lowest BCUT2D eigenvalue weighted by molar-refractivity contribution is 0.771. The molecule has 5 aromatic heterocycles. The lowest BCUT2D eigenvalue weighted by Gasteiger charge is -2.24. The number of dihydropyridines is 1. The van der Waals surface area contributed by atoms with Crippen molar-refractivity contribution in [3.8, 4) is 56.3 Å². The van der Waals surface area contributed by atoms with Gasteiger partial charge in [0.15, 0.2) is 0 Å². The van der Waals surface area contributed by atoms with E-state index in [1.54, 1.807) is 0 Å². The molecule has 9 aromatic rings. The lowest BCUT2D eigenvalue weighted by atomic mass is 9.84. The Labute approximate surface area is 388 Å². The van der Waals surface area contributed by atoms with Gasteiger partial charge in [-0.25, -0.2) is 0 Å². The highest BCUT2D eigenvalue weighted by molar-refractivity contribution is 6.28. The van der Waals surface area contributed by atoms with Crippen LogP contribution in [0.15, 0.2) is 115 Å². The Morgan fingerprint density at radius 3 is 0.803 bits per heavy atom. The molecule has 1 aliphatic rings. The van der Waals surface area contributed by atoms with E-state index in [1.807, 2.05) is 0 Å². The summed E-state index contributed by atoms with van der Waals surface area (Å²) in [5, 5.41) is 10.6. The molecule has 6 heteroatoms. The molecule has 0 saturated carbocycles. The smallest absolute Gasteiger partial charge is 0.0714 e.